The van der Waals surface area contributed by atoms with E-state index in [1.54, 1.807) is 12.1 Å². The van der Waals surface area contributed by atoms with Crippen LogP contribution < -0.4 is 5.32 Å². The van der Waals surface area contributed by atoms with E-state index in [2.05, 4.69) is 10.3 Å². The van der Waals surface area contributed by atoms with Crippen molar-refractivity contribution in [1.82, 2.24) is 10.3 Å². The molecule has 1 heterocycles. The van der Waals surface area contributed by atoms with Gasteiger partial charge in [0.1, 0.15) is 17.5 Å². The van der Waals surface area contributed by atoms with Crippen LogP contribution >= 0.6 is 0 Å². The lowest BCUT2D eigenvalue weighted by Crippen LogP contribution is -2.37. The molecular formula is C16H15FN2O4. The Morgan fingerprint density at radius 2 is 2.00 bits per heavy atom. The summed E-state index contributed by atoms with van der Waals surface area (Å²) in [4.78, 5) is 27.1. The second-order valence-electron chi connectivity index (χ2n) is 5.54. The molecule has 0 spiro atoms. The van der Waals surface area contributed by atoms with Crippen LogP contribution in [0.25, 0.3) is 11.5 Å². The zero-order valence-corrected chi connectivity index (χ0v) is 12.2. The summed E-state index contributed by atoms with van der Waals surface area (Å²) in [5, 5.41) is 11.6. The molecule has 23 heavy (non-hydrogen) atoms. The Balaban J connectivity index is 1.55. The van der Waals surface area contributed by atoms with E-state index in [1.165, 1.54) is 18.4 Å². The van der Waals surface area contributed by atoms with Crippen LogP contribution in [0.4, 0.5) is 4.39 Å². The Labute approximate surface area is 131 Å². The first kappa shape index (κ1) is 15.2. The molecule has 0 saturated heterocycles. The smallest absolute Gasteiger partial charge is 0.319 e. The summed E-state index contributed by atoms with van der Waals surface area (Å²) < 4.78 is 18.2. The molecular weight excluding hydrogens is 303 g/mol. The Morgan fingerprint density at radius 3 is 2.61 bits per heavy atom. The molecule has 6 nitrogen and oxygen atoms in total. The van der Waals surface area contributed by atoms with Crippen LogP contribution in [0.3, 0.4) is 0 Å². The van der Waals surface area contributed by atoms with Crippen LogP contribution in [0, 0.1) is 11.2 Å². The monoisotopic (exact) mass is 318 g/mol. The van der Waals surface area contributed by atoms with Crippen LogP contribution in [-0.4, -0.2) is 28.5 Å². The summed E-state index contributed by atoms with van der Waals surface area (Å²) in [6.45, 7) is 0.281. The van der Waals surface area contributed by atoms with Gasteiger partial charge in [0.15, 0.2) is 0 Å². The summed E-state index contributed by atoms with van der Waals surface area (Å²) in [7, 11) is 0. The predicted molar refractivity (Wildman–Crippen MR) is 77.9 cm³/mol. The van der Waals surface area contributed by atoms with Gasteiger partial charge >= 0.3 is 5.97 Å². The van der Waals surface area contributed by atoms with Crippen molar-refractivity contribution >= 4 is 11.9 Å². The van der Waals surface area contributed by atoms with E-state index >= 15 is 0 Å². The lowest BCUT2D eigenvalue weighted by Gasteiger charge is -2.09. The van der Waals surface area contributed by atoms with Gasteiger partial charge in [0.05, 0.1) is 5.69 Å². The number of nitrogens with one attached hydrogen (secondary N) is 1. The number of amides is 1. The van der Waals surface area contributed by atoms with Gasteiger partial charge in [0.2, 0.25) is 11.8 Å². The van der Waals surface area contributed by atoms with Gasteiger partial charge < -0.3 is 14.8 Å². The molecule has 2 N–H and O–H groups in total. The van der Waals surface area contributed by atoms with Crippen LogP contribution in [-0.2, 0) is 16.0 Å². The lowest BCUT2D eigenvalue weighted by atomic mass is 10.1. The highest BCUT2D eigenvalue weighted by Gasteiger charge is 2.56. The van der Waals surface area contributed by atoms with E-state index in [1.807, 2.05) is 0 Å². The van der Waals surface area contributed by atoms with Gasteiger partial charge in [-0.15, -0.1) is 0 Å². The number of oxazole rings is 1. The Hall–Kier alpha value is -2.70. The molecule has 1 aromatic carbocycles. The summed E-state index contributed by atoms with van der Waals surface area (Å²) >= 11 is 0. The molecule has 0 aliphatic heterocycles. The quantitative estimate of drug-likeness (QED) is 0.795. The van der Waals surface area contributed by atoms with Crippen molar-refractivity contribution in [3.05, 3.63) is 42.0 Å². The number of nitrogens with zero attached hydrogens (tertiary/aromatic N) is 1. The van der Waals surface area contributed by atoms with Crippen molar-refractivity contribution in [3.63, 3.8) is 0 Å². The summed E-state index contributed by atoms with van der Waals surface area (Å²) in [5.74, 6) is -1.49. The molecule has 0 radical (unpaired) electrons. The molecule has 120 valence electrons. The molecule has 0 unspecified atom stereocenters. The van der Waals surface area contributed by atoms with E-state index < -0.39 is 17.3 Å². The van der Waals surface area contributed by atoms with Gasteiger partial charge in [-0.3, -0.25) is 9.59 Å². The van der Waals surface area contributed by atoms with Gasteiger partial charge in [0, 0.05) is 18.5 Å². The minimum absolute atomic E-state index is 0.281. The fourth-order valence-electron chi connectivity index (χ4n) is 2.28. The van der Waals surface area contributed by atoms with E-state index in [4.69, 9.17) is 9.52 Å². The van der Waals surface area contributed by atoms with Gasteiger partial charge in [-0.05, 0) is 37.1 Å². The van der Waals surface area contributed by atoms with Crippen molar-refractivity contribution in [2.24, 2.45) is 5.41 Å². The third kappa shape index (κ3) is 3.08. The van der Waals surface area contributed by atoms with E-state index in [0.29, 0.717) is 36.4 Å². The normalized spacial score (nSPS) is 15.2. The van der Waals surface area contributed by atoms with Crippen LogP contribution in [0.5, 0.6) is 0 Å². The SMILES string of the molecule is O=C(O)C1(C(=O)NCCc2coc(-c3ccc(F)cc3)n2)CC1. The highest BCUT2D eigenvalue weighted by Crippen LogP contribution is 2.46. The molecule has 3 rings (SSSR count). The summed E-state index contributed by atoms with van der Waals surface area (Å²) in [6, 6.07) is 5.77. The average Bonchev–Trinajstić information content (AvgIpc) is 3.22. The molecule has 0 bridgehead atoms. The second-order valence-corrected chi connectivity index (χ2v) is 5.54. The molecule has 1 aromatic heterocycles. The van der Waals surface area contributed by atoms with Gasteiger partial charge in [-0.25, -0.2) is 9.37 Å². The van der Waals surface area contributed by atoms with Crippen molar-refractivity contribution in [2.45, 2.75) is 19.3 Å². The van der Waals surface area contributed by atoms with Crippen LogP contribution in [0.15, 0.2) is 34.9 Å². The highest BCUT2D eigenvalue weighted by molar-refractivity contribution is 6.04. The minimum atomic E-state index is -1.23. The molecule has 7 heteroatoms. The number of halogens is 1. The minimum Gasteiger partial charge on any atom is -0.480 e. The first-order valence-electron chi connectivity index (χ1n) is 7.23. The second kappa shape index (κ2) is 5.83. The fourth-order valence-corrected chi connectivity index (χ4v) is 2.28. The molecule has 1 aliphatic carbocycles. The number of aliphatic carboxylic acids is 1. The van der Waals surface area contributed by atoms with Gasteiger partial charge in [-0.1, -0.05) is 0 Å². The van der Waals surface area contributed by atoms with Crippen LogP contribution in [0.2, 0.25) is 0 Å². The first-order valence-corrected chi connectivity index (χ1v) is 7.23. The Kier molecular flexibility index (Phi) is 3.85. The number of aromatic nitrogens is 1. The molecule has 1 fully saturated rings. The van der Waals surface area contributed by atoms with E-state index in [-0.39, 0.29) is 12.4 Å². The third-order valence-corrected chi connectivity index (χ3v) is 3.90. The maximum absolute atomic E-state index is 12.9. The average molecular weight is 318 g/mol. The maximum Gasteiger partial charge on any atom is 0.319 e. The molecule has 1 aliphatic rings. The third-order valence-electron chi connectivity index (χ3n) is 3.90. The van der Waals surface area contributed by atoms with Crippen molar-refractivity contribution in [3.8, 4) is 11.5 Å². The summed E-state index contributed by atoms with van der Waals surface area (Å²) in [6.07, 6.45) is 2.65. The van der Waals surface area contributed by atoms with E-state index in [0.717, 1.165) is 0 Å². The van der Waals surface area contributed by atoms with E-state index in [9.17, 15) is 14.0 Å². The zero-order valence-electron chi connectivity index (χ0n) is 12.2. The predicted octanol–water partition coefficient (Wildman–Crippen LogP) is 2.00. The first-order chi connectivity index (χ1) is 11.0. The van der Waals surface area contributed by atoms with Gasteiger partial charge in [-0.2, -0.15) is 0 Å². The number of benzene rings is 1. The number of hydrogen-bond acceptors (Lipinski definition) is 4. The van der Waals surface area contributed by atoms with Crippen molar-refractivity contribution in [1.29, 1.82) is 0 Å². The highest BCUT2D eigenvalue weighted by atomic mass is 19.1. The molecule has 0 atom stereocenters. The Morgan fingerprint density at radius 1 is 1.30 bits per heavy atom. The topological polar surface area (TPSA) is 92.4 Å². The number of rotatable bonds is 6. The van der Waals surface area contributed by atoms with Gasteiger partial charge in [0.25, 0.3) is 0 Å². The number of carbonyl (C=O) groups is 2. The van der Waals surface area contributed by atoms with Crippen molar-refractivity contribution in [2.75, 3.05) is 6.54 Å². The van der Waals surface area contributed by atoms with Crippen LogP contribution in [0.1, 0.15) is 18.5 Å². The molecule has 2 aromatic rings. The zero-order chi connectivity index (χ0) is 16.4. The summed E-state index contributed by atoms with van der Waals surface area (Å²) in [5.41, 5.74) is 0.0533. The number of hydrogen-bond donors (Lipinski definition) is 2. The fraction of sp³-hybridized carbons (Fsp3) is 0.312. The maximum atomic E-state index is 12.9. The Bertz CT molecular complexity index is 735. The largest absolute Gasteiger partial charge is 0.480 e. The van der Waals surface area contributed by atoms with Crippen molar-refractivity contribution < 1.29 is 23.5 Å². The number of carbonyl (C=O) groups excluding carboxylic acids is 1. The number of carboxylic acids is 1. The lowest BCUT2D eigenvalue weighted by molar-refractivity contribution is -0.149. The standard InChI is InChI=1S/C16H15FN2O4/c17-11-3-1-10(2-4-11)13-19-12(9-23-13)5-8-18-14(20)16(6-7-16)15(21)22/h1-4,9H,5-8H2,(H,18,20)(H,21,22). The molecule has 1 saturated carbocycles. The number of carboxylic acid groups (broad SMARTS) is 1. The molecule has 1 amide bonds.